The van der Waals surface area contributed by atoms with Crippen LogP contribution in [0.1, 0.15) is 28.9 Å². The standard InChI is InChI=1S/C17H13Cl2F2NO3/c1-9(11-6-5-10(20)7-14(11)21)22-15(23)8-25-17(24)16-12(18)3-2-4-13(16)19/h2-7,9H,8H2,1H3,(H,22,23)/t9-/m0/s1. The van der Waals surface area contributed by atoms with Crippen molar-refractivity contribution in [3.8, 4) is 0 Å². The molecule has 0 bridgehead atoms. The Kier molecular flexibility index (Phi) is 6.33. The maximum Gasteiger partial charge on any atom is 0.341 e. The molecule has 4 nitrogen and oxygen atoms in total. The van der Waals surface area contributed by atoms with E-state index in [1.807, 2.05) is 0 Å². The molecule has 0 aliphatic carbocycles. The van der Waals surface area contributed by atoms with Crippen molar-refractivity contribution in [2.24, 2.45) is 0 Å². The zero-order chi connectivity index (χ0) is 18.6. The lowest BCUT2D eigenvalue weighted by atomic mass is 10.1. The van der Waals surface area contributed by atoms with E-state index < -0.39 is 36.2 Å². The number of ether oxygens (including phenoxy) is 1. The summed E-state index contributed by atoms with van der Waals surface area (Å²) in [5.74, 6) is -3.02. The lowest BCUT2D eigenvalue weighted by Gasteiger charge is -2.15. The number of benzene rings is 2. The largest absolute Gasteiger partial charge is 0.452 e. The highest BCUT2D eigenvalue weighted by molar-refractivity contribution is 6.39. The SMILES string of the molecule is C[C@H](NC(=O)COC(=O)c1c(Cl)cccc1Cl)c1ccc(F)cc1F. The van der Waals surface area contributed by atoms with Crippen LogP contribution in [0.5, 0.6) is 0 Å². The van der Waals surface area contributed by atoms with Crippen LogP contribution in [0.25, 0.3) is 0 Å². The molecule has 0 spiro atoms. The van der Waals surface area contributed by atoms with Crippen molar-refractivity contribution < 1.29 is 23.1 Å². The Bertz CT molecular complexity index is 794. The fraction of sp³-hybridized carbons (Fsp3) is 0.176. The number of carbonyl (C=O) groups is 2. The second-order valence-electron chi connectivity index (χ2n) is 5.13. The van der Waals surface area contributed by atoms with Gasteiger partial charge in [0, 0.05) is 11.6 Å². The molecule has 0 heterocycles. The van der Waals surface area contributed by atoms with Crippen molar-refractivity contribution in [3.05, 3.63) is 69.2 Å². The summed E-state index contributed by atoms with van der Waals surface area (Å²) in [6, 6.07) is 6.78. The van der Waals surface area contributed by atoms with E-state index in [0.717, 1.165) is 12.1 Å². The number of halogens is 4. The van der Waals surface area contributed by atoms with Crippen molar-refractivity contribution in [1.82, 2.24) is 5.32 Å². The topological polar surface area (TPSA) is 55.4 Å². The predicted octanol–water partition coefficient (Wildman–Crippen LogP) is 4.31. The van der Waals surface area contributed by atoms with Crippen molar-refractivity contribution in [3.63, 3.8) is 0 Å². The fourth-order valence-electron chi connectivity index (χ4n) is 2.11. The van der Waals surface area contributed by atoms with Gasteiger partial charge < -0.3 is 10.1 Å². The van der Waals surface area contributed by atoms with E-state index in [-0.39, 0.29) is 21.2 Å². The number of hydrogen-bond donors (Lipinski definition) is 1. The molecule has 0 aliphatic heterocycles. The van der Waals surface area contributed by atoms with E-state index in [4.69, 9.17) is 27.9 Å². The Labute approximate surface area is 152 Å². The summed E-state index contributed by atoms with van der Waals surface area (Å²) in [6.07, 6.45) is 0. The third kappa shape index (κ3) is 4.90. The first kappa shape index (κ1) is 19.1. The molecule has 0 unspecified atom stereocenters. The van der Waals surface area contributed by atoms with E-state index in [0.29, 0.717) is 0 Å². The molecule has 132 valence electrons. The zero-order valence-electron chi connectivity index (χ0n) is 13.0. The average molecular weight is 388 g/mol. The van der Waals surface area contributed by atoms with Crippen LogP contribution < -0.4 is 5.32 Å². The monoisotopic (exact) mass is 387 g/mol. The number of rotatable bonds is 5. The van der Waals surface area contributed by atoms with Gasteiger partial charge in [-0.25, -0.2) is 13.6 Å². The molecular weight excluding hydrogens is 375 g/mol. The Morgan fingerprint density at radius 3 is 2.40 bits per heavy atom. The van der Waals surface area contributed by atoms with Gasteiger partial charge in [0.15, 0.2) is 6.61 Å². The smallest absolute Gasteiger partial charge is 0.341 e. The van der Waals surface area contributed by atoms with Gasteiger partial charge in [-0.05, 0) is 25.1 Å². The minimum Gasteiger partial charge on any atom is -0.452 e. The minimum absolute atomic E-state index is 0.0451. The molecule has 0 aromatic heterocycles. The molecular formula is C17H13Cl2F2NO3. The van der Waals surface area contributed by atoms with Crippen LogP contribution in [0, 0.1) is 11.6 Å². The van der Waals surface area contributed by atoms with Crippen LogP contribution in [-0.2, 0) is 9.53 Å². The summed E-state index contributed by atoms with van der Waals surface area (Å²) in [5.41, 5.74) is 0.0616. The number of carbonyl (C=O) groups excluding carboxylic acids is 2. The molecule has 8 heteroatoms. The molecule has 2 rings (SSSR count). The first-order valence-electron chi connectivity index (χ1n) is 7.15. The maximum atomic E-state index is 13.7. The number of esters is 1. The van der Waals surface area contributed by atoms with Gasteiger partial charge in [0.2, 0.25) is 0 Å². The van der Waals surface area contributed by atoms with Crippen molar-refractivity contribution in [2.75, 3.05) is 6.61 Å². The summed E-state index contributed by atoms with van der Waals surface area (Å²) < 4.78 is 31.4. The molecule has 0 saturated carbocycles. The molecule has 25 heavy (non-hydrogen) atoms. The molecule has 2 aromatic rings. The maximum absolute atomic E-state index is 13.7. The second kappa shape index (κ2) is 8.27. The highest BCUT2D eigenvalue weighted by Crippen LogP contribution is 2.25. The fourth-order valence-corrected chi connectivity index (χ4v) is 2.66. The normalized spacial score (nSPS) is 11.7. The number of nitrogens with one attached hydrogen (secondary N) is 1. The Morgan fingerprint density at radius 2 is 1.80 bits per heavy atom. The van der Waals surface area contributed by atoms with Gasteiger partial charge in [0.25, 0.3) is 5.91 Å². The lowest BCUT2D eigenvalue weighted by molar-refractivity contribution is -0.124. The van der Waals surface area contributed by atoms with E-state index in [2.05, 4.69) is 5.32 Å². The first-order chi connectivity index (χ1) is 11.8. The van der Waals surface area contributed by atoms with Gasteiger partial charge in [0.05, 0.1) is 21.7 Å². The zero-order valence-corrected chi connectivity index (χ0v) is 14.5. The number of amides is 1. The summed E-state index contributed by atoms with van der Waals surface area (Å²) in [7, 11) is 0. The predicted molar refractivity (Wildman–Crippen MR) is 89.7 cm³/mol. The summed E-state index contributed by atoms with van der Waals surface area (Å²) in [6.45, 7) is 0.911. The summed E-state index contributed by atoms with van der Waals surface area (Å²) in [5, 5.41) is 2.64. The molecule has 2 aromatic carbocycles. The van der Waals surface area contributed by atoms with Crippen LogP contribution in [0.4, 0.5) is 8.78 Å². The first-order valence-corrected chi connectivity index (χ1v) is 7.90. The van der Waals surface area contributed by atoms with Crippen LogP contribution in [-0.4, -0.2) is 18.5 Å². The van der Waals surface area contributed by atoms with E-state index in [1.54, 1.807) is 6.07 Å². The van der Waals surface area contributed by atoms with E-state index in [1.165, 1.54) is 25.1 Å². The minimum atomic E-state index is -0.855. The second-order valence-corrected chi connectivity index (χ2v) is 5.94. The molecule has 0 fully saturated rings. The molecule has 0 radical (unpaired) electrons. The Balaban J connectivity index is 1.95. The highest BCUT2D eigenvalue weighted by Gasteiger charge is 2.19. The average Bonchev–Trinajstić information content (AvgIpc) is 2.52. The number of hydrogen-bond acceptors (Lipinski definition) is 3. The van der Waals surface area contributed by atoms with Gasteiger partial charge in [-0.2, -0.15) is 0 Å². The van der Waals surface area contributed by atoms with Crippen LogP contribution in [0.2, 0.25) is 10.0 Å². The van der Waals surface area contributed by atoms with Crippen LogP contribution >= 0.6 is 23.2 Å². The van der Waals surface area contributed by atoms with Gasteiger partial charge in [-0.15, -0.1) is 0 Å². The molecule has 0 aliphatic rings. The van der Waals surface area contributed by atoms with Gasteiger partial charge >= 0.3 is 5.97 Å². The molecule has 1 amide bonds. The van der Waals surface area contributed by atoms with Crippen molar-refractivity contribution >= 4 is 35.1 Å². The Hall–Kier alpha value is -2.18. The highest BCUT2D eigenvalue weighted by atomic mass is 35.5. The third-order valence-electron chi connectivity index (χ3n) is 3.31. The molecule has 1 N–H and O–H groups in total. The van der Waals surface area contributed by atoms with Gasteiger partial charge in [-0.1, -0.05) is 35.3 Å². The van der Waals surface area contributed by atoms with E-state index in [9.17, 15) is 18.4 Å². The van der Waals surface area contributed by atoms with Crippen LogP contribution in [0.3, 0.4) is 0 Å². The van der Waals surface area contributed by atoms with Gasteiger partial charge in [-0.3, -0.25) is 4.79 Å². The van der Waals surface area contributed by atoms with Gasteiger partial charge in [0.1, 0.15) is 11.6 Å². The van der Waals surface area contributed by atoms with E-state index >= 15 is 0 Å². The molecule has 0 saturated heterocycles. The van der Waals surface area contributed by atoms with Crippen LogP contribution in [0.15, 0.2) is 36.4 Å². The quantitative estimate of drug-likeness (QED) is 0.777. The summed E-state index contributed by atoms with van der Waals surface area (Å²) >= 11 is 11.8. The third-order valence-corrected chi connectivity index (χ3v) is 3.94. The Morgan fingerprint density at radius 1 is 1.16 bits per heavy atom. The molecule has 1 atom stereocenters. The summed E-state index contributed by atoms with van der Waals surface area (Å²) in [4.78, 5) is 23.8. The van der Waals surface area contributed by atoms with Crippen molar-refractivity contribution in [2.45, 2.75) is 13.0 Å². The van der Waals surface area contributed by atoms with Crippen molar-refractivity contribution in [1.29, 1.82) is 0 Å². The lowest BCUT2D eigenvalue weighted by Crippen LogP contribution is -2.31.